The summed E-state index contributed by atoms with van der Waals surface area (Å²) < 4.78 is 53.0. The van der Waals surface area contributed by atoms with E-state index in [2.05, 4.69) is 10.0 Å². The molecule has 140 valence electrons. The third kappa shape index (κ3) is 5.60. The number of aryl methyl sites for hydroxylation is 1. The van der Waals surface area contributed by atoms with E-state index in [0.717, 1.165) is 23.8 Å². The number of benzene rings is 2. The summed E-state index contributed by atoms with van der Waals surface area (Å²) in [5, 5.41) is 2.32. The van der Waals surface area contributed by atoms with Gasteiger partial charge in [0.05, 0.1) is 10.6 Å². The van der Waals surface area contributed by atoms with Crippen molar-refractivity contribution in [2.45, 2.75) is 31.1 Å². The van der Waals surface area contributed by atoms with Gasteiger partial charge in [0, 0.05) is 19.0 Å². The first-order valence-corrected chi connectivity index (χ1v) is 9.63. The fraction of sp³-hybridized carbons (Fsp3) is 0.278. The Hall–Kier alpha value is -2.32. The van der Waals surface area contributed by atoms with Crippen LogP contribution in [0.25, 0.3) is 0 Å². The molecule has 1 amide bonds. The Kier molecular flexibility index (Phi) is 6.82. The van der Waals surface area contributed by atoms with Gasteiger partial charge in [-0.3, -0.25) is 4.79 Å². The van der Waals surface area contributed by atoms with Crippen molar-refractivity contribution in [1.29, 1.82) is 0 Å². The van der Waals surface area contributed by atoms with Crippen molar-refractivity contribution >= 4 is 21.6 Å². The molecule has 2 aromatic rings. The number of halogens is 2. The monoisotopic (exact) mass is 382 g/mol. The summed E-state index contributed by atoms with van der Waals surface area (Å²) in [6.07, 6.45) is 1.08. The van der Waals surface area contributed by atoms with Crippen molar-refractivity contribution in [3.63, 3.8) is 0 Å². The molecule has 0 fully saturated rings. The molecule has 0 aliphatic carbocycles. The molecule has 0 bridgehead atoms. The lowest BCUT2D eigenvalue weighted by Gasteiger charge is -2.08. The van der Waals surface area contributed by atoms with E-state index in [9.17, 15) is 22.0 Å². The van der Waals surface area contributed by atoms with E-state index in [-0.39, 0.29) is 17.0 Å². The van der Waals surface area contributed by atoms with Gasteiger partial charge in [0.25, 0.3) is 0 Å². The van der Waals surface area contributed by atoms with Gasteiger partial charge in [-0.15, -0.1) is 0 Å². The van der Waals surface area contributed by atoms with Gasteiger partial charge >= 0.3 is 0 Å². The molecular weight excluding hydrogens is 362 g/mol. The lowest BCUT2D eigenvalue weighted by atomic mass is 10.1. The molecule has 0 aliphatic rings. The van der Waals surface area contributed by atoms with Crippen molar-refractivity contribution in [3.05, 3.63) is 59.7 Å². The van der Waals surface area contributed by atoms with Crippen molar-refractivity contribution in [3.8, 4) is 0 Å². The minimum atomic E-state index is -3.53. The minimum Gasteiger partial charge on any atom is -0.324 e. The number of sulfonamides is 1. The van der Waals surface area contributed by atoms with E-state index in [1.165, 1.54) is 12.1 Å². The SMILES string of the molecule is CCCNS(=O)(=O)c1ccc(CCC(=O)Nc2cc(F)ccc2F)cc1. The van der Waals surface area contributed by atoms with Crippen molar-refractivity contribution in [2.24, 2.45) is 0 Å². The van der Waals surface area contributed by atoms with Gasteiger partial charge in [0.2, 0.25) is 15.9 Å². The van der Waals surface area contributed by atoms with Crippen LogP contribution in [0.4, 0.5) is 14.5 Å². The van der Waals surface area contributed by atoms with Crippen LogP contribution >= 0.6 is 0 Å². The summed E-state index contributed by atoms with van der Waals surface area (Å²) in [5.41, 5.74) is 0.549. The highest BCUT2D eigenvalue weighted by Crippen LogP contribution is 2.16. The van der Waals surface area contributed by atoms with Crippen LogP contribution in [0.15, 0.2) is 47.4 Å². The van der Waals surface area contributed by atoms with E-state index in [0.29, 0.717) is 19.4 Å². The highest BCUT2D eigenvalue weighted by atomic mass is 32.2. The van der Waals surface area contributed by atoms with Gasteiger partial charge in [-0.2, -0.15) is 0 Å². The Balaban J connectivity index is 1.93. The molecule has 0 unspecified atom stereocenters. The first kappa shape index (κ1) is 20.0. The second-order valence-electron chi connectivity index (χ2n) is 5.71. The molecule has 2 aromatic carbocycles. The zero-order chi connectivity index (χ0) is 19.2. The van der Waals surface area contributed by atoms with Crippen molar-refractivity contribution < 1.29 is 22.0 Å². The molecule has 0 radical (unpaired) electrons. The normalized spacial score (nSPS) is 11.3. The van der Waals surface area contributed by atoms with Crippen LogP contribution in [-0.2, 0) is 21.2 Å². The Labute approximate surface area is 151 Å². The fourth-order valence-corrected chi connectivity index (χ4v) is 3.35. The second-order valence-corrected chi connectivity index (χ2v) is 7.48. The number of amides is 1. The van der Waals surface area contributed by atoms with Crippen LogP contribution in [0.3, 0.4) is 0 Å². The summed E-state index contributed by atoms with van der Waals surface area (Å²) in [5.74, 6) is -1.82. The number of hydrogen-bond acceptors (Lipinski definition) is 3. The van der Waals surface area contributed by atoms with Crippen molar-refractivity contribution in [1.82, 2.24) is 4.72 Å². The molecule has 2 rings (SSSR count). The topological polar surface area (TPSA) is 75.3 Å². The van der Waals surface area contributed by atoms with Crippen LogP contribution in [-0.4, -0.2) is 20.9 Å². The predicted molar refractivity (Wildman–Crippen MR) is 95.2 cm³/mol. The number of nitrogens with one attached hydrogen (secondary N) is 2. The quantitative estimate of drug-likeness (QED) is 0.736. The Morgan fingerprint density at radius 1 is 1.08 bits per heavy atom. The van der Waals surface area contributed by atoms with Gasteiger partial charge in [0.1, 0.15) is 11.6 Å². The van der Waals surface area contributed by atoms with Crippen LogP contribution in [0.5, 0.6) is 0 Å². The molecule has 8 heteroatoms. The predicted octanol–water partition coefficient (Wildman–Crippen LogP) is 3.22. The zero-order valence-electron chi connectivity index (χ0n) is 14.3. The standard InChI is InChI=1S/C18H20F2N2O3S/c1-2-11-21-26(24,25)15-7-3-13(4-8-15)5-10-18(23)22-17-12-14(19)6-9-16(17)20/h3-4,6-9,12,21H,2,5,10-11H2,1H3,(H,22,23). The minimum absolute atomic E-state index is 0.0517. The van der Waals surface area contributed by atoms with Crippen molar-refractivity contribution in [2.75, 3.05) is 11.9 Å². The summed E-state index contributed by atoms with van der Waals surface area (Å²) >= 11 is 0. The molecule has 0 atom stereocenters. The molecule has 0 aliphatic heterocycles. The maximum atomic E-state index is 13.5. The molecule has 0 saturated carbocycles. The highest BCUT2D eigenvalue weighted by molar-refractivity contribution is 7.89. The first-order chi connectivity index (χ1) is 12.3. The zero-order valence-corrected chi connectivity index (χ0v) is 15.1. The van der Waals surface area contributed by atoms with Crippen LogP contribution < -0.4 is 10.0 Å². The largest absolute Gasteiger partial charge is 0.324 e. The molecule has 0 aromatic heterocycles. The summed E-state index contributed by atoms with van der Waals surface area (Å²) in [7, 11) is -3.53. The number of hydrogen-bond donors (Lipinski definition) is 2. The number of rotatable bonds is 8. The lowest BCUT2D eigenvalue weighted by Crippen LogP contribution is -2.24. The Bertz CT molecular complexity index is 869. The van der Waals surface area contributed by atoms with Crippen LogP contribution in [0, 0.1) is 11.6 Å². The number of carbonyl (C=O) groups excluding carboxylic acids is 1. The second kappa shape index (κ2) is 8.86. The Morgan fingerprint density at radius 3 is 2.42 bits per heavy atom. The molecular formula is C18H20F2N2O3S. The molecule has 0 spiro atoms. The highest BCUT2D eigenvalue weighted by Gasteiger charge is 2.13. The van der Waals surface area contributed by atoms with E-state index in [1.54, 1.807) is 12.1 Å². The molecule has 2 N–H and O–H groups in total. The lowest BCUT2D eigenvalue weighted by molar-refractivity contribution is -0.116. The van der Waals surface area contributed by atoms with Gasteiger partial charge in [-0.25, -0.2) is 21.9 Å². The van der Waals surface area contributed by atoms with Gasteiger partial charge in [-0.05, 0) is 42.7 Å². The van der Waals surface area contributed by atoms with Gasteiger partial charge in [-0.1, -0.05) is 19.1 Å². The first-order valence-electron chi connectivity index (χ1n) is 8.15. The third-order valence-corrected chi connectivity index (χ3v) is 5.10. The number of anilines is 1. The smallest absolute Gasteiger partial charge is 0.240 e. The van der Waals surface area contributed by atoms with E-state index in [1.807, 2.05) is 6.92 Å². The molecule has 26 heavy (non-hydrogen) atoms. The van der Waals surface area contributed by atoms with Gasteiger partial charge < -0.3 is 5.32 Å². The average molecular weight is 382 g/mol. The summed E-state index contributed by atoms with van der Waals surface area (Å²) in [4.78, 5) is 12.0. The van der Waals surface area contributed by atoms with Crippen LogP contribution in [0.2, 0.25) is 0 Å². The van der Waals surface area contributed by atoms with Gasteiger partial charge in [0.15, 0.2) is 0 Å². The molecule has 5 nitrogen and oxygen atoms in total. The summed E-state index contributed by atoms with van der Waals surface area (Å²) in [6.45, 7) is 2.23. The Morgan fingerprint density at radius 2 is 1.77 bits per heavy atom. The summed E-state index contributed by atoms with van der Waals surface area (Å²) in [6, 6.07) is 9.00. The molecule has 0 heterocycles. The average Bonchev–Trinajstić information content (AvgIpc) is 2.62. The van der Waals surface area contributed by atoms with E-state index in [4.69, 9.17) is 0 Å². The van der Waals surface area contributed by atoms with E-state index < -0.39 is 27.6 Å². The van der Waals surface area contributed by atoms with E-state index >= 15 is 0 Å². The third-order valence-electron chi connectivity index (χ3n) is 3.62. The fourth-order valence-electron chi connectivity index (χ4n) is 2.22. The maximum absolute atomic E-state index is 13.5. The maximum Gasteiger partial charge on any atom is 0.240 e. The number of carbonyl (C=O) groups is 1. The molecule has 0 saturated heterocycles. The van der Waals surface area contributed by atoms with Crippen LogP contribution in [0.1, 0.15) is 25.3 Å².